The lowest BCUT2D eigenvalue weighted by molar-refractivity contribution is -0.140. The number of hydrogen-bond acceptors (Lipinski definition) is 1. The summed E-state index contributed by atoms with van der Waals surface area (Å²) in [7, 11) is 0. The van der Waals surface area contributed by atoms with Crippen molar-refractivity contribution in [2.45, 2.75) is 31.5 Å². The van der Waals surface area contributed by atoms with Crippen LogP contribution in [-0.2, 0) is 6.18 Å². The normalized spacial score (nSPS) is 18.9. The standard InChI is InChI=1S/C14H13F4NO/c15-12-10(7-4-8-11(12)14(16,17)18)13(20)19-9-5-2-1-3-6-9/h1-2,4,7-9H,3,5-6H2,(H,19,20). The summed E-state index contributed by atoms with van der Waals surface area (Å²) < 4.78 is 51.5. The summed E-state index contributed by atoms with van der Waals surface area (Å²) in [5.41, 5.74) is -2.00. The number of allylic oxidation sites excluding steroid dienone is 1. The Hall–Kier alpha value is -1.85. The lowest BCUT2D eigenvalue weighted by Crippen LogP contribution is -2.36. The summed E-state index contributed by atoms with van der Waals surface area (Å²) in [5, 5.41) is 2.56. The van der Waals surface area contributed by atoms with Gasteiger partial charge in [-0.05, 0) is 31.4 Å². The molecule has 0 aromatic heterocycles. The van der Waals surface area contributed by atoms with E-state index in [0.717, 1.165) is 18.6 Å². The number of carbonyl (C=O) groups excluding carboxylic acids is 1. The third-order valence-corrected chi connectivity index (χ3v) is 3.15. The summed E-state index contributed by atoms with van der Waals surface area (Å²) in [6, 6.07) is 2.54. The minimum Gasteiger partial charge on any atom is -0.349 e. The van der Waals surface area contributed by atoms with Gasteiger partial charge in [0.25, 0.3) is 5.91 Å². The molecule has 0 bridgehead atoms. The van der Waals surface area contributed by atoms with Crippen molar-refractivity contribution in [2.75, 3.05) is 0 Å². The number of rotatable bonds is 2. The van der Waals surface area contributed by atoms with Crippen LogP contribution in [0, 0.1) is 5.82 Å². The molecule has 1 unspecified atom stereocenters. The Morgan fingerprint density at radius 1 is 1.25 bits per heavy atom. The van der Waals surface area contributed by atoms with Crippen molar-refractivity contribution in [3.8, 4) is 0 Å². The molecule has 0 spiro atoms. The van der Waals surface area contributed by atoms with Crippen LogP contribution < -0.4 is 5.32 Å². The third kappa shape index (κ3) is 3.18. The average molecular weight is 287 g/mol. The molecule has 0 radical (unpaired) electrons. The van der Waals surface area contributed by atoms with Crippen LogP contribution in [0.4, 0.5) is 17.6 Å². The molecule has 1 amide bonds. The van der Waals surface area contributed by atoms with Crippen LogP contribution in [0.25, 0.3) is 0 Å². The molecule has 2 nitrogen and oxygen atoms in total. The maximum atomic E-state index is 13.8. The first-order valence-electron chi connectivity index (χ1n) is 6.21. The predicted molar refractivity (Wildman–Crippen MR) is 65.6 cm³/mol. The first-order chi connectivity index (χ1) is 9.39. The van der Waals surface area contributed by atoms with Gasteiger partial charge in [0.15, 0.2) is 0 Å². The monoisotopic (exact) mass is 287 g/mol. The average Bonchev–Trinajstić information content (AvgIpc) is 2.38. The number of nitrogens with one attached hydrogen (secondary N) is 1. The van der Waals surface area contributed by atoms with E-state index in [-0.39, 0.29) is 6.04 Å². The van der Waals surface area contributed by atoms with Crippen molar-refractivity contribution in [2.24, 2.45) is 0 Å². The molecule has 1 atom stereocenters. The van der Waals surface area contributed by atoms with Crippen LogP contribution in [0.15, 0.2) is 30.4 Å². The quantitative estimate of drug-likeness (QED) is 0.652. The third-order valence-electron chi connectivity index (χ3n) is 3.15. The van der Waals surface area contributed by atoms with E-state index in [4.69, 9.17) is 0 Å². The lowest BCUT2D eigenvalue weighted by atomic mass is 10.0. The zero-order chi connectivity index (χ0) is 14.8. The molecule has 0 aliphatic heterocycles. The van der Waals surface area contributed by atoms with E-state index in [2.05, 4.69) is 5.32 Å². The van der Waals surface area contributed by atoms with Gasteiger partial charge in [-0.3, -0.25) is 4.79 Å². The molecule has 2 rings (SSSR count). The molecular weight excluding hydrogens is 274 g/mol. The molecule has 0 saturated carbocycles. The first-order valence-corrected chi connectivity index (χ1v) is 6.21. The van der Waals surface area contributed by atoms with Crippen LogP contribution in [0.3, 0.4) is 0 Å². The summed E-state index contributed by atoms with van der Waals surface area (Å²) in [6.07, 6.45) is 1.13. The zero-order valence-corrected chi connectivity index (χ0v) is 10.5. The van der Waals surface area contributed by atoms with Gasteiger partial charge in [0.2, 0.25) is 0 Å². The highest BCUT2D eigenvalue weighted by Crippen LogP contribution is 2.32. The number of halogens is 4. The van der Waals surface area contributed by atoms with Gasteiger partial charge in [-0.15, -0.1) is 0 Å². The maximum Gasteiger partial charge on any atom is 0.419 e. The van der Waals surface area contributed by atoms with Crippen molar-refractivity contribution < 1.29 is 22.4 Å². The SMILES string of the molecule is O=C(NC1CC=CCC1)c1cccc(C(F)(F)F)c1F. The molecular formula is C14H13F4NO. The fraction of sp³-hybridized carbons (Fsp3) is 0.357. The topological polar surface area (TPSA) is 29.1 Å². The van der Waals surface area contributed by atoms with Crippen LogP contribution >= 0.6 is 0 Å². The highest BCUT2D eigenvalue weighted by atomic mass is 19.4. The van der Waals surface area contributed by atoms with Gasteiger partial charge in [-0.1, -0.05) is 18.2 Å². The first kappa shape index (κ1) is 14.6. The fourth-order valence-electron chi connectivity index (χ4n) is 2.11. The Bertz CT molecular complexity index is 536. The Labute approximate surface area is 113 Å². The van der Waals surface area contributed by atoms with Gasteiger partial charge >= 0.3 is 6.18 Å². The number of carbonyl (C=O) groups is 1. The summed E-state index contributed by atoms with van der Waals surface area (Å²) in [5.74, 6) is -2.34. The Morgan fingerprint density at radius 2 is 2.00 bits per heavy atom. The van der Waals surface area contributed by atoms with E-state index in [1.165, 1.54) is 0 Å². The van der Waals surface area contributed by atoms with E-state index in [0.29, 0.717) is 18.9 Å². The van der Waals surface area contributed by atoms with Crippen LogP contribution in [0.1, 0.15) is 35.2 Å². The molecule has 1 N–H and O–H groups in total. The molecule has 1 aliphatic rings. The van der Waals surface area contributed by atoms with Crippen molar-refractivity contribution in [1.29, 1.82) is 0 Å². The van der Waals surface area contributed by atoms with Crippen molar-refractivity contribution in [3.63, 3.8) is 0 Å². The van der Waals surface area contributed by atoms with Crippen molar-refractivity contribution in [3.05, 3.63) is 47.3 Å². The summed E-state index contributed by atoms with van der Waals surface area (Å²) in [6.45, 7) is 0. The van der Waals surface area contributed by atoms with E-state index in [1.807, 2.05) is 12.2 Å². The van der Waals surface area contributed by atoms with E-state index in [9.17, 15) is 22.4 Å². The molecule has 20 heavy (non-hydrogen) atoms. The van der Waals surface area contributed by atoms with Crippen LogP contribution in [0.5, 0.6) is 0 Å². The molecule has 0 heterocycles. The number of hydrogen-bond donors (Lipinski definition) is 1. The van der Waals surface area contributed by atoms with Gasteiger partial charge in [0.1, 0.15) is 5.82 Å². The molecule has 0 fully saturated rings. The fourth-order valence-corrected chi connectivity index (χ4v) is 2.11. The van der Waals surface area contributed by atoms with E-state index in [1.54, 1.807) is 0 Å². The van der Waals surface area contributed by atoms with Gasteiger partial charge in [0.05, 0.1) is 11.1 Å². The molecule has 0 saturated heterocycles. The van der Waals surface area contributed by atoms with Crippen LogP contribution in [0.2, 0.25) is 0 Å². The Morgan fingerprint density at radius 3 is 2.60 bits per heavy atom. The number of amides is 1. The second kappa shape index (κ2) is 5.64. The largest absolute Gasteiger partial charge is 0.419 e. The minimum atomic E-state index is -4.81. The Balaban J connectivity index is 2.20. The summed E-state index contributed by atoms with van der Waals surface area (Å²) >= 11 is 0. The van der Waals surface area contributed by atoms with E-state index < -0.39 is 29.0 Å². The minimum absolute atomic E-state index is 0.165. The van der Waals surface area contributed by atoms with Gasteiger partial charge in [0, 0.05) is 6.04 Å². The molecule has 6 heteroatoms. The molecule has 1 aromatic carbocycles. The van der Waals surface area contributed by atoms with Gasteiger partial charge < -0.3 is 5.32 Å². The highest BCUT2D eigenvalue weighted by Gasteiger charge is 2.35. The zero-order valence-electron chi connectivity index (χ0n) is 10.5. The lowest BCUT2D eigenvalue weighted by Gasteiger charge is -2.20. The van der Waals surface area contributed by atoms with Gasteiger partial charge in [-0.2, -0.15) is 13.2 Å². The number of benzene rings is 1. The predicted octanol–water partition coefficient (Wildman–Crippen LogP) is 3.68. The maximum absolute atomic E-state index is 13.8. The molecule has 1 aromatic rings. The highest BCUT2D eigenvalue weighted by molar-refractivity contribution is 5.94. The summed E-state index contributed by atoms with van der Waals surface area (Å²) in [4.78, 5) is 11.9. The van der Waals surface area contributed by atoms with Crippen molar-refractivity contribution >= 4 is 5.91 Å². The smallest absolute Gasteiger partial charge is 0.349 e. The molecule has 1 aliphatic carbocycles. The van der Waals surface area contributed by atoms with Gasteiger partial charge in [-0.25, -0.2) is 4.39 Å². The van der Waals surface area contributed by atoms with Crippen molar-refractivity contribution in [1.82, 2.24) is 5.32 Å². The second-order valence-corrected chi connectivity index (χ2v) is 4.62. The second-order valence-electron chi connectivity index (χ2n) is 4.62. The number of alkyl halides is 3. The van der Waals surface area contributed by atoms with Crippen LogP contribution in [-0.4, -0.2) is 11.9 Å². The Kier molecular flexibility index (Phi) is 4.11. The molecule has 108 valence electrons. The van der Waals surface area contributed by atoms with E-state index >= 15 is 0 Å².